The Bertz CT molecular complexity index is 674. The molecule has 2 aromatic rings. The summed E-state index contributed by atoms with van der Waals surface area (Å²) >= 11 is 0. The van der Waals surface area contributed by atoms with Crippen LogP contribution in [0, 0.1) is 0 Å². The van der Waals surface area contributed by atoms with Crippen LogP contribution in [0.25, 0.3) is 0 Å². The zero-order valence-corrected chi connectivity index (χ0v) is 14.4. The molecule has 1 aliphatic carbocycles. The molecule has 0 radical (unpaired) electrons. The lowest BCUT2D eigenvalue weighted by atomic mass is 10.1. The number of aryl methyl sites for hydroxylation is 1. The smallest absolute Gasteiger partial charge is 0.318 e. The third kappa shape index (κ3) is 4.10. The van der Waals surface area contributed by atoms with Crippen molar-refractivity contribution in [2.24, 2.45) is 7.05 Å². The fourth-order valence-corrected chi connectivity index (χ4v) is 2.80. The number of nitrogens with one attached hydrogen (secondary N) is 1. The molecule has 0 spiro atoms. The molecular weight excluding hydrogens is 302 g/mol. The third-order valence-electron chi connectivity index (χ3n) is 4.48. The minimum atomic E-state index is 0.0345. The van der Waals surface area contributed by atoms with Crippen molar-refractivity contribution in [3.63, 3.8) is 0 Å². The maximum absolute atomic E-state index is 12.5. The van der Waals surface area contributed by atoms with Crippen molar-refractivity contribution in [2.75, 3.05) is 13.7 Å². The monoisotopic (exact) mass is 327 g/mol. The summed E-state index contributed by atoms with van der Waals surface area (Å²) in [4.78, 5) is 14.5. The van der Waals surface area contributed by atoms with E-state index in [1.54, 1.807) is 7.11 Å². The van der Waals surface area contributed by atoms with Gasteiger partial charge in [-0.25, -0.2) is 4.79 Å². The Balaban J connectivity index is 1.51. The average molecular weight is 327 g/mol. The van der Waals surface area contributed by atoms with Gasteiger partial charge in [0.1, 0.15) is 5.75 Å². The van der Waals surface area contributed by atoms with Gasteiger partial charge in [-0.3, -0.25) is 0 Å². The maximum Gasteiger partial charge on any atom is 0.318 e. The normalized spacial score (nSPS) is 13.6. The Hall–Kier alpha value is -2.43. The van der Waals surface area contributed by atoms with Crippen LogP contribution < -0.4 is 10.1 Å². The molecule has 1 N–H and O–H groups in total. The van der Waals surface area contributed by atoms with Crippen molar-refractivity contribution in [1.82, 2.24) is 14.8 Å². The number of urea groups is 1. The van der Waals surface area contributed by atoms with E-state index in [1.807, 2.05) is 48.5 Å². The Morgan fingerprint density at radius 2 is 2.04 bits per heavy atom. The average Bonchev–Trinajstić information content (AvgIpc) is 3.36. The molecule has 1 saturated carbocycles. The molecule has 0 aliphatic heterocycles. The molecule has 5 nitrogen and oxygen atoms in total. The minimum absolute atomic E-state index is 0.0345. The molecular formula is C19H25N3O2. The summed E-state index contributed by atoms with van der Waals surface area (Å²) in [6.45, 7) is 1.31. The number of aromatic nitrogens is 1. The van der Waals surface area contributed by atoms with Gasteiger partial charge >= 0.3 is 6.03 Å². The number of rotatable bonds is 7. The van der Waals surface area contributed by atoms with E-state index in [9.17, 15) is 4.79 Å². The summed E-state index contributed by atoms with van der Waals surface area (Å²) in [7, 11) is 3.68. The summed E-state index contributed by atoms with van der Waals surface area (Å²) < 4.78 is 7.23. The van der Waals surface area contributed by atoms with Crippen LogP contribution in [0.3, 0.4) is 0 Å². The van der Waals surface area contributed by atoms with E-state index >= 15 is 0 Å². The number of nitrogens with zero attached hydrogens (tertiary/aromatic N) is 2. The second kappa shape index (κ2) is 7.43. The van der Waals surface area contributed by atoms with Gasteiger partial charge in [-0.2, -0.15) is 0 Å². The molecule has 0 bridgehead atoms. The van der Waals surface area contributed by atoms with Gasteiger partial charge in [0.2, 0.25) is 0 Å². The Kier molecular flexibility index (Phi) is 5.08. The van der Waals surface area contributed by atoms with Gasteiger partial charge in [0.05, 0.1) is 13.7 Å². The summed E-state index contributed by atoms with van der Waals surface area (Å²) in [6.07, 6.45) is 5.05. The molecule has 24 heavy (non-hydrogen) atoms. The van der Waals surface area contributed by atoms with Crippen molar-refractivity contribution in [2.45, 2.75) is 31.8 Å². The van der Waals surface area contributed by atoms with Crippen LogP contribution in [0.5, 0.6) is 5.75 Å². The quantitative estimate of drug-likeness (QED) is 0.850. The molecule has 128 valence electrons. The topological polar surface area (TPSA) is 46.5 Å². The van der Waals surface area contributed by atoms with Crippen LogP contribution in [-0.4, -0.2) is 35.2 Å². The zero-order chi connectivity index (χ0) is 16.9. The number of benzene rings is 1. The molecule has 1 aromatic carbocycles. The van der Waals surface area contributed by atoms with Crippen LogP contribution in [0.1, 0.15) is 24.1 Å². The van der Waals surface area contributed by atoms with Gasteiger partial charge < -0.3 is 19.5 Å². The van der Waals surface area contributed by atoms with Crippen LogP contribution in [0.4, 0.5) is 4.79 Å². The van der Waals surface area contributed by atoms with Gasteiger partial charge in [0.15, 0.2) is 0 Å². The number of hydrogen-bond donors (Lipinski definition) is 1. The molecule has 5 heteroatoms. The van der Waals surface area contributed by atoms with Crippen molar-refractivity contribution in [1.29, 1.82) is 0 Å². The SMILES string of the molecule is COc1ccc(CCNC(=O)N(Cc2cccn2C)C2CC2)cc1. The molecule has 0 unspecified atom stereocenters. The summed E-state index contributed by atoms with van der Waals surface area (Å²) in [5, 5.41) is 3.06. The first-order valence-electron chi connectivity index (χ1n) is 8.45. The second-order valence-electron chi connectivity index (χ2n) is 6.30. The molecule has 0 atom stereocenters. The Morgan fingerprint density at radius 3 is 2.62 bits per heavy atom. The van der Waals surface area contributed by atoms with Gasteiger partial charge in [-0.15, -0.1) is 0 Å². The highest BCUT2D eigenvalue weighted by Gasteiger charge is 2.32. The molecule has 3 rings (SSSR count). The molecule has 2 amide bonds. The summed E-state index contributed by atoms with van der Waals surface area (Å²) in [5.41, 5.74) is 2.35. The molecule has 1 aliphatic rings. The van der Waals surface area contributed by atoms with E-state index in [0.29, 0.717) is 19.1 Å². The van der Waals surface area contributed by atoms with Crippen molar-refractivity contribution in [3.8, 4) is 5.75 Å². The first-order chi connectivity index (χ1) is 11.7. The minimum Gasteiger partial charge on any atom is -0.497 e. The largest absolute Gasteiger partial charge is 0.497 e. The lowest BCUT2D eigenvalue weighted by Crippen LogP contribution is -2.42. The lowest BCUT2D eigenvalue weighted by molar-refractivity contribution is 0.191. The van der Waals surface area contributed by atoms with Crippen LogP contribution >= 0.6 is 0 Å². The molecule has 1 aromatic heterocycles. The van der Waals surface area contributed by atoms with Crippen molar-refractivity contribution < 1.29 is 9.53 Å². The molecule has 0 saturated heterocycles. The third-order valence-corrected chi connectivity index (χ3v) is 4.48. The van der Waals surface area contributed by atoms with E-state index < -0.39 is 0 Å². The molecule has 1 fully saturated rings. The van der Waals surface area contributed by atoms with E-state index in [2.05, 4.69) is 16.0 Å². The first kappa shape index (κ1) is 16.4. The lowest BCUT2D eigenvalue weighted by Gasteiger charge is -2.23. The first-order valence-corrected chi connectivity index (χ1v) is 8.45. The highest BCUT2D eigenvalue weighted by molar-refractivity contribution is 5.74. The van der Waals surface area contributed by atoms with E-state index in [4.69, 9.17) is 4.74 Å². The summed E-state index contributed by atoms with van der Waals surface area (Å²) in [6, 6.07) is 12.5. The fraction of sp³-hybridized carbons (Fsp3) is 0.421. The summed E-state index contributed by atoms with van der Waals surface area (Å²) in [5.74, 6) is 0.852. The Morgan fingerprint density at radius 1 is 1.29 bits per heavy atom. The Labute approximate surface area is 143 Å². The van der Waals surface area contributed by atoms with Crippen LogP contribution in [0.15, 0.2) is 42.6 Å². The highest BCUT2D eigenvalue weighted by atomic mass is 16.5. The number of amides is 2. The highest BCUT2D eigenvalue weighted by Crippen LogP contribution is 2.28. The number of carbonyl (C=O) groups is 1. The van der Waals surface area contributed by atoms with E-state index in [0.717, 1.165) is 30.7 Å². The number of ether oxygens (including phenoxy) is 1. The van der Waals surface area contributed by atoms with Gasteiger partial charge in [-0.05, 0) is 49.1 Å². The van der Waals surface area contributed by atoms with Gasteiger partial charge in [0, 0.05) is 31.5 Å². The number of methoxy groups -OCH3 is 1. The number of hydrogen-bond acceptors (Lipinski definition) is 2. The fourth-order valence-electron chi connectivity index (χ4n) is 2.80. The van der Waals surface area contributed by atoms with Gasteiger partial charge in [0.25, 0.3) is 0 Å². The standard InChI is InChI=1S/C19H25N3O2/c1-21-13-3-4-17(21)14-22(16-7-8-16)19(23)20-12-11-15-5-9-18(24-2)10-6-15/h3-6,9-10,13,16H,7-8,11-12,14H2,1-2H3,(H,20,23). The van der Waals surface area contributed by atoms with Crippen molar-refractivity contribution >= 4 is 6.03 Å². The predicted octanol–water partition coefficient (Wildman–Crippen LogP) is 2.95. The molecule has 1 heterocycles. The van der Waals surface area contributed by atoms with Crippen molar-refractivity contribution in [3.05, 3.63) is 53.9 Å². The maximum atomic E-state index is 12.5. The van der Waals surface area contributed by atoms with Crippen LogP contribution in [0.2, 0.25) is 0 Å². The van der Waals surface area contributed by atoms with E-state index in [-0.39, 0.29) is 6.03 Å². The zero-order valence-electron chi connectivity index (χ0n) is 14.4. The number of carbonyl (C=O) groups excluding carboxylic acids is 1. The van der Waals surface area contributed by atoms with E-state index in [1.165, 1.54) is 5.56 Å². The van der Waals surface area contributed by atoms with Gasteiger partial charge in [-0.1, -0.05) is 12.1 Å². The van der Waals surface area contributed by atoms with Crippen LogP contribution in [-0.2, 0) is 20.0 Å². The second-order valence-corrected chi connectivity index (χ2v) is 6.30. The predicted molar refractivity (Wildman–Crippen MR) is 94.1 cm³/mol.